The Morgan fingerprint density at radius 1 is 1.21 bits per heavy atom. The van der Waals surface area contributed by atoms with Crippen LogP contribution >= 0.6 is 0 Å². The number of carbonyl (C=O) groups is 1. The van der Waals surface area contributed by atoms with Gasteiger partial charge >= 0.3 is 5.69 Å². The summed E-state index contributed by atoms with van der Waals surface area (Å²) in [6.45, 7) is 5.45. The van der Waals surface area contributed by atoms with Gasteiger partial charge in [0.25, 0.3) is 5.91 Å². The van der Waals surface area contributed by atoms with E-state index < -0.39 is 10.8 Å². The van der Waals surface area contributed by atoms with Gasteiger partial charge in [0.1, 0.15) is 0 Å². The number of nitro benzene ring substituents is 1. The number of methoxy groups -OCH3 is 1. The monoisotopic (exact) mass is 383 g/mol. The van der Waals surface area contributed by atoms with Gasteiger partial charge in [0.15, 0.2) is 5.75 Å². The maximum absolute atomic E-state index is 12.4. The van der Waals surface area contributed by atoms with Crippen molar-refractivity contribution in [3.05, 3.63) is 63.7 Å². The van der Waals surface area contributed by atoms with Crippen LogP contribution in [0.25, 0.3) is 0 Å². The summed E-state index contributed by atoms with van der Waals surface area (Å²) < 4.78 is 4.96. The minimum Gasteiger partial charge on any atom is -0.490 e. The zero-order valence-corrected chi connectivity index (χ0v) is 16.2. The molecule has 1 aliphatic heterocycles. The molecule has 0 saturated carbocycles. The van der Waals surface area contributed by atoms with Gasteiger partial charge in [-0.3, -0.25) is 19.8 Å². The number of piperidine rings is 1. The predicted octanol–water partition coefficient (Wildman–Crippen LogP) is 4.09. The zero-order chi connectivity index (χ0) is 20.1. The molecular formula is C21H25N3O4. The molecule has 2 aromatic carbocycles. The van der Waals surface area contributed by atoms with Crippen molar-refractivity contribution in [3.8, 4) is 5.75 Å². The minimum atomic E-state index is -0.564. The number of nitro groups is 1. The van der Waals surface area contributed by atoms with Crippen LogP contribution in [0.4, 0.5) is 11.4 Å². The number of anilines is 1. The van der Waals surface area contributed by atoms with E-state index in [9.17, 15) is 14.9 Å². The number of likely N-dealkylation sites (tertiary alicyclic amines) is 1. The first-order valence-electron chi connectivity index (χ1n) is 9.41. The number of nitrogens with one attached hydrogen (secondary N) is 1. The number of nitrogens with zero attached hydrogens (tertiary/aromatic N) is 2. The van der Waals surface area contributed by atoms with Crippen LogP contribution in [0.5, 0.6) is 5.75 Å². The maximum Gasteiger partial charge on any atom is 0.311 e. The molecule has 0 aromatic heterocycles. The van der Waals surface area contributed by atoms with E-state index in [0.29, 0.717) is 5.69 Å². The highest BCUT2D eigenvalue weighted by molar-refractivity contribution is 6.04. The lowest BCUT2D eigenvalue weighted by atomic mass is 9.99. The molecule has 0 aliphatic carbocycles. The lowest BCUT2D eigenvalue weighted by Crippen LogP contribution is -2.32. The van der Waals surface area contributed by atoms with Crippen molar-refractivity contribution in [2.24, 2.45) is 5.92 Å². The Labute approximate surface area is 164 Å². The topological polar surface area (TPSA) is 84.7 Å². The van der Waals surface area contributed by atoms with E-state index in [0.717, 1.165) is 25.6 Å². The number of benzene rings is 2. The van der Waals surface area contributed by atoms with Crippen molar-refractivity contribution in [1.29, 1.82) is 0 Å². The standard InChI is InChI=1S/C21H25N3O4/c1-15-9-11-23(12-10-15)14-16-3-6-18(7-4-16)22-21(25)17-5-8-20(28-2)19(13-17)24(26)27/h3-8,13,15H,9-12,14H2,1-2H3,(H,22,25). The molecule has 0 bridgehead atoms. The van der Waals surface area contributed by atoms with E-state index in [1.54, 1.807) is 0 Å². The Kier molecular flexibility index (Phi) is 6.26. The lowest BCUT2D eigenvalue weighted by Gasteiger charge is -2.30. The van der Waals surface area contributed by atoms with Gasteiger partial charge in [0.2, 0.25) is 0 Å². The van der Waals surface area contributed by atoms with Crippen LogP contribution < -0.4 is 10.1 Å². The Bertz CT molecular complexity index is 843. The molecule has 1 aliphatic rings. The Morgan fingerprint density at radius 3 is 2.50 bits per heavy atom. The highest BCUT2D eigenvalue weighted by Crippen LogP contribution is 2.28. The third-order valence-corrected chi connectivity index (χ3v) is 5.13. The summed E-state index contributed by atoms with van der Waals surface area (Å²) >= 11 is 0. The number of carbonyl (C=O) groups excluding carboxylic acids is 1. The Balaban J connectivity index is 1.63. The van der Waals surface area contributed by atoms with Gasteiger partial charge in [0, 0.05) is 23.9 Å². The largest absolute Gasteiger partial charge is 0.490 e. The molecule has 7 heteroatoms. The first-order valence-corrected chi connectivity index (χ1v) is 9.41. The second kappa shape index (κ2) is 8.84. The normalized spacial score (nSPS) is 15.2. The highest BCUT2D eigenvalue weighted by atomic mass is 16.6. The highest BCUT2D eigenvalue weighted by Gasteiger charge is 2.18. The van der Waals surface area contributed by atoms with Crippen LogP contribution in [0, 0.1) is 16.0 Å². The molecule has 0 radical (unpaired) electrons. The fraction of sp³-hybridized carbons (Fsp3) is 0.381. The van der Waals surface area contributed by atoms with E-state index in [1.807, 2.05) is 24.3 Å². The summed E-state index contributed by atoms with van der Waals surface area (Å²) in [6, 6.07) is 11.9. The van der Waals surface area contributed by atoms with Crippen molar-refractivity contribution in [2.45, 2.75) is 26.3 Å². The van der Waals surface area contributed by atoms with Gasteiger partial charge in [-0.15, -0.1) is 0 Å². The molecule has 1 N–H and O–H groups in total. The van der Waals surface area contributed by atoms with Gasteiger partial charge in [-0.2, -0.15) is 0 Å². The third kappa shape index (κ3) is 4.86. The van der Waals surface area contributed by atoms with Crippen LogP contribution in [-0.4, -0.2) is 35.9 Å². The van der Waals surface area contributed by atoms with Crippen molar-refractivity contribution < 1.29 is 14.5 Å². The molecule has 1 heterocycles. The zero-order valence-electron chi connectivity index (χ0n) is 16.2. The first-order chi connectivity index (χ1) is 13.5. The third-order valence-electron chi connectivity index (χ3n) is 5.13. The fourth-order valence-corrected chi connectivity index (χ4v) is 3.35. The van der Waals surface area contributed by atoms with Crippen LogP contribution in [-0.2, 0) is 6.54 Å². The second-order valence-electron chi connectivity index (χ2n) is 7.25. The first kappa shape index (κ1) is 19.8. The van der Waals surface area contributed by atoms with E-state index in [-0.39, 0.29) is 17.0 Å². The average molecular weight is 383 g/mol. The van der Waals surface area contributed by atoms with Crippen LogP contribution in [0.3, 0.4) is 0 Å². The second-order valence-corrected chi connectivity index (χ2v) is 7.25. The summed E-state index contributed by atoms with van der Waals surface area (Å²) in [7, 11) is 1.36. The molecular weight excluding hydrogens is 358 g/mol. The molecule has 7 nitrogen and oxygen atoms in total. The minimum absolute atomic E-state index is 0.123. The summed E-state index contributed by atoms with van der Waals surface area (Å²) in [5.41, 5.74) is 1.83. The lowest BCUT2D eigenvalue weighted by molar-refractivity contribution is -0.385. The molecule has 28 heavy (non-hydrogen) atoms. The van der Waals surface area contributed by atoms with E-state index in [1.165, 1.54) is 43.7 Å². The molecule has 148 valence electrons. The number of hydrogen-bond donors (Lipinski definition) is 1. The van der Waals surface area contributed by atoms with Gasteiger partial charge in [0.05, 0.1) is 12.0 Å². The van der Waals surface area contributed by atoms with Gasteiger partial charge in [-0.05, 0) is 61.7 Å². The van der Waals surface area contributed by atoms with Gasteiger partial charge in [-0.25, -0.2) is 0 Å². The number of ether oxygens (including phenoxy) is 1. The number of hydrogen-bond acceptors (Lipinski definition) is 5. The number of amides is 1. The van der Waals surface area contributed by atoms with Gasteiger partial charge in [-0.1, -0.05) is 19.1 Å². The molecule has 0 spiro atoms. The van der Waals surface area contributed by atoms with Gasteiger partial charge < -0.3 is 10.1 Å². The smallest absolute Gasteiger partial charge is 0.311 e. The molecule has 1 fully saturated rings. The summed E-state index contributed by atoms with van der Waals surface area (Å²) in [4.78, 5) is 25.4. The quantitative estimate of drug-likeness (QED) is 0.600. The van der Waals surface area contributed by atoms with Crippen molar-refractivity contribution in [2.75, 3.05) is 25.5 Å². The average Bonchev–Trinajstić information content (AvgIpc) is 2.70. The summed E-state index contributed by atoms with van der Waals surface area (Å²) in [6.07, 6.45) is 2.48. The van der Waals surface area contributed by atoms with E-state index in [4.69, 9.17) is 4.74 Å². The molecule has 3 rings (SSSR count). The molecule has 0 atom stereocenters. The molecule has 1 saturated heterocycles. The fourth-order valence-electron chi connectivity index (χ4n) is 3.35. The van der Waals surface area contributed by atoms with E-state index >= 15 is 0 Å². The van der Waals surface area contributed by atoms with Crippen molar-refractivity contribution in [3.63, 3.8) is 0 Å². The summed E-state index contributed by atoms with van der Waals surface area (Å²) in [5.74, 6) is 0.532. The number of rotatable bonds is 6. The maximum atomic E-state index is 12.4. The molecule has 2 aromatic rings. The van der Waals surface area contributed by atoms with Crippen molar-refractivity contribution >= 4 is 17.3 Å². The Hall–Kier alpha value is -2.93. The van der Waals surface area contributed by atoms with E-state index in [2.05, 4.69) is 17.1 Å². The molecule has 1 amide bonds. The summed E-state index contributed by atoms with van der Waals surface area (Å²) in [5, 5.41) is 13.9. The SMILES string of the molecule is COc1ccc(C(=O)Nc2ccc(CN3CCC(C)CC3)cc2)cc1[N+](=O)[O-]. The Morgan fingerprint density at radius 2 is 1.89 bits per heavy atom. The predicted molar refractivity (Wildman–Crippen MR) is 108 cm³/mol. The molecule has 0 unspecified atom stereocenters. The van der Waals surface area contributed by atoms with Crippen LogP contribution in [0.2, 0.25) is 0 Å². The van der Waals surface area contributed by atoms with Crippen molar-refractivity contribution in [1.82, 2.24) is 4.90 Å². The van der Waals surface area contributed by atoms with Crippen LogP contribution in [0.15, 0.2) is 42.5 Å². The van der Waals surface area contributed by atoms with Crippen LogP contribution in [0.1, 0.15) is 35.7 Å².